The number of halogens is 1. The van der Waals surface area contributed by atoms with E-state index in [0.717, 1.165) is 24.2 Å². The predicted octanol–water partition coefficient (Wildman–Crippen LogP) is 3.97. The van der Waals surface area contributed by atoms with Crippen LogP contribution in [0.1, 0.15) is 38.2 Å². The summed E-state index contributed by atoms with van der Waals surface area (Å²) in [6.07, 6.45) is 4.75. The molecule has 1 atom stereocenters. The number of methoxy groups -OCH3 is 1. The zero-order valence-corrected chi connectivity index (χ0v) is 20.6. The zero-order valence-electron chi connectivity index (χ0n) is 19.0. The van der Waals surface area contributed by atoms with Crippen molar-refractivity contribution in [1.29, 1.82) is 0 Å². The van der Waals surface area contributed by atoms with Crippen LogP contribution in [0.3, 0.4) is 0 Å². The largest absolute Gasteiger partial charge is 0.497 e. The molecule has 9 heteroatoms. The molecule has 1 saturated carbocycles. The Kier molecular flexibility index (Phi) is 7.26. The van der Waals surface area contributed by atoms with E-state index in [0.29, 0.717) is 25.3 Å². The summed E-state index contributed by atoms with van der Waals surface area (Å²) in [5, 5.41) is -0.0281. The van der Waals surface area contributed by atoms with E-state index in [-0.39, 0.29) is 41.0 Å². The summed E-state index contributed by atoms with van der Waals surface area (Å²) in [5.74, 6) is 1.25. The summed E-state index contributed by atoms with van der Waals surface area (Å²) < 4.78 is 32.7. The molecular formula is C24H30ClN3O4S. The van der Waals surface area contributed by atoms with Crippen LogP contribution in [0.25, 0.3) is 0 Å². The fourth-order valence-corrected chi connectivity index (χ4v) is 6.36. The number of rotatable bonds is 8. The summed E-state index contributed by atoms with van der Waals surface area (Å²) in [6.45, 7) is 3.25. The number of hydrogen-bond donors (Lipinski definition) is 0. The summed E-state index contributed by atoms with van der Waals surface area (Å²) in [5.41, 5.74) is 1.06. The molecule has 1 aliphatic carbocycles. The van der Waals surface area contributed by atoms with E-state index < -0.39 is 10.0 Å². The molecule has 1 unspecified atom stereocenters. The normalized spacial score (nSPS) is 18.6. The van der Waals surface area contributed by atoms with Crippen LogP contribution in [0.5, 0.6) is 5.75 Å². The number of pyridine rings is 1. The van der Waals surface area contributed by atoms with Crippen molar-refractivity contribution in [3.8, 4) is 5.75 Å². The third-order valence-electron chi connectivity index (χ3n) is 6.74. The van der Waals surface area contributed by atoms with Crippen molar-refractivity contribution < 1.29 is 17.9 Å². The SMILES string of the molecule is COc1ccc(CN(C(=O)C2CCN(S(=O)(=O)c3cccnc3Cl)CC2)C(C)C2CC2)cc1. The van der Waals surface area contributed by atoms with Gasteiger partial charge in [0.05, 0.1) is 7.11 Å². The van der Waals surface area contributed by atoms with Crippen LogP contribution in [-0.2, 0) is 21.4 Å². The first-order valence-corrected chi connectivity index (χ1v) is 13.2. The Morgan fingerprint density at radius 1 is 1.18 bits per heavy atom. The molecule has 7 nitrogen and oxygen atoms in total. The van der Waals surface area contributed by atoms with Crippen LogP contribution in [0, 0.1) is 11.8 Å². The Balaban J connectivity index is 1.45. The van der Waals surface area contributed by atoms with Gasteiger partial charge in [-0.1, -0.05) is 23.7 Å². The Labute approximate surface area is 200 Å². The van der Waals surface area contributed by atoms with Gasteiger partial charge in [0, 0.05) is 37.8 Å². The zero-order chi connectivity index (χ0) is 23.6. The monoisotopic (exact) mass is 491 g/mol. The fraction of sp³-hybridized carbons (Fsp3) is 0.500. The number of benzene rings is 1. The lowest BCUT2D eigenvalue weighted by Crippen LogP contribution is -2.47. The molecule has 2 aromatic rings. The van der Waals surface area contributed by atoms with E-state index in [4.69, 9.17) is 16.3 Å². The summed E-state index contributed by atoms with van der Waals surface area (Å²) >= 11 is 6.03. The molecule has 0 bridgehead atoms. The molecule has 1 aromatic heterocycles. The number of aromatic nitrogens is 1. The third kappa shape index (κ3) is 5.34. The second-order valence-electron chi connectivity index (χ2n) is 8.86. The maximum Gasteiger partial charge on any atom is 0.246 e. The van der Waals surface area contributed by atoms with Crippen molar-refractivity contribution in [2.45, 2.75) is 50.1 Å². The first kappa shape index (κ1) is 24.0. The summed E-state index contributed by atoms with van der Waals surface area (Å²) in [6, 6.07) is 11.0. The average Bonchev–Trinajstić information content (AvgIpc) is 3.68. The van der Waals surface area contributed by atoms with Gasteiger partial charge in [0.15, 0.2) is 0 Å². The first-order chi connectivity index (χ1) is 15.8. The third-order valence-corrected chi connectivity index (χ3v) is 9.08. The number of carbonyl (C=O) groups excluding carboxylic acids is 1. The standard InChI is InChI=1S/C24H30ClN3O4S/c1-17(19-7-8-19)28(16-18-5-9-21(32-2)10-6-18)24(29)20-11-14-27(15-12-20)33(30,31)22-4-3-13-26-23(22)25/h3-6,9-10,13,17,19-20H,7-8,11-12,14-16H2,1-2H3. The average molecular weight is 492 g/mol. The van der Waals surface area contributed by atoms with Gasteiger partial charge in [-0.05, 0) is 68.4 Å². The van der Waals surface area contributed by atoms with Gasteiger partial charge in [-0.25, -0.2) is 13.4 Å². The van der Waals surface area contributed by atoms with Crippen LogP contribution in [-0.4, -0.2) is 54.8 Å². The molecule has 0 radical (unpaired) electrons. The van der Waals surface area contributed by atoms with Gasteiger partial charge < -0.3 is 9.64 Å². The number of carbonyl (C=O) groups is 1. The number of nitrogens with zero attached hydrogens (tertiary/aromatic N) is 3. The molecule has 2 aliphatic rings. The van der Waals surface area contributed by atoms with Gasteiger partial charge in [0.25, 0.3) is 0 Å². The van der Waals surface area contributed by atoms with E-state index in [1.807, 2.05) is 29.2 Å². The van der Waals surface area contributed by atoms with Gasteiger partial charge in [-0.2, -0.15) is 4.31 Å². The highest BCUT2D eigenvalue weighted by molar-refractivity contribution is 7.89. The Morgan fingerprint density at radius 3 is 2.42 bits per heavy atom. The molecule has 4 rings (SSSR count). The highest BCUT2D eigenvalue weighted by Gasteiger charge is 2.39. The maximum atomic E-state index is 13.6. The number of piperidine rings is 1. The lowest BCUT2D eigenvalue weighted by molar-refractivity contribution is -0.140. The van der Waals surface area contributed by atoms with Gasteiger partial charge in [-0.3, -0.25) is 4.79 Å². The molecule has 1 aromatic carbocycles. The molecular weight excluding hydrogens is 462 g/mol. The second-order valence-corrected chi connectivity index (χ2v) is 11.1. The van der Waals surface area contributed by atoms with Crippen molar-refractivity contribution in [2.75, 3.05) is 20.2 Å². The Morgan fingerprint density at radius 2 is 1.85 bits per heavy atom. The van der Waals surface area contributed by atoms with Crippen LogP contribution < -0.4 is 4.74 Å². The van der Waals surface area contributed by atoms with Crippen LogP contribution in [0.15, 0.2) is 47.5 Å². The molecule has 33 heavy (non-hydrogen) atoms. The number of sulfonamides is 1. The molecule has 1 aliphatic heterocycles. The summed E-state index contributed by atoms with van der Waals surface area (Å²) in [4.78, 5) is 19.5. The van der Waals surface area contributed by atoms with E-state index in [2.05, 4.69) is 11.9 Å². The molecule has 2 fully saturated rings. The maximum absolute atomic E-state index is 13.6. The van der Waals surface area contributed by atoms with Gasteiger partial charge in [0.1, 0.15) is 15.8 Å². The van der Waals surface area contributed by atoms with Crippen molar-refractivity contribution in [3.63, 3.8) is 0 Å². The number of hydrogen-bond acceptors (Lipinski definition) is 5. The predicted molar refractivity (Wildman–Crippen MR) is 126 cm³/mol. The fourth-order valence-electron chi connectivity index (χ4n) is 4.46. The minimum Gasteiger partial charge on any atom is -0.497 e. The summed E-state index contributed by atoms with van der Waals surface area (Å²) in [7, 11) is -2.10. The first-order valence-electron chi connectivity index (χ1n) is 11.4. The molecule has 1 saturated heterocycles. The van der Waals surface area contributed by atoms with Gasteiger partial charge in [-0.15, -0.1) is 0 Å². The van der Waals surface area contributed by atoms with Gasteiger partial charge in [0.2, 0.25) is 15.9 Å². The minimum atomic E-state index is -3.73. The second kappa shape index (κ2) is 9.99. The van der Waals surface area contributed by atoms with Crippen molar-refractivity contribution in [1.82, 2.24) is 14.2 Å². The van der Waals surface area contributed by atoms with Crippen LogP contribution >= 0.6 is 11.6 Å². The quantitative estimate of drug-likeness (QED) is 0.522. The number of ether oxygens (including phenoxy) is 1. The lowest BCUT2D eigenvalue weighted by Gasteiger charge is -2.36. The smallest absolute Gasteiger partial charge is 0.246 e. The van der Waals surface area contributed by atoms with E-state index in [1.54, 1.807) is 13.2 Å². The van der Waals surface area contributed by atoms with E-state index >= 15 is 0 Å². The van der Waals surface area contributed by atoms with Crippen LogP contribution in [0.4, 0.5) is 0 Å². The molecule has 1 amide bonds. The highest BCUT2D eigenvalue weighted by atomic mass is 35.5. The highest BCUT2D eigenvalue weighted by Crippen LogP contribution is 2.37. The molecule has 178 valence electrons. The molecule has 0 spiro atoms. The van der Waals surface area contributed by atoms with Gasteiger partial charge >= 0.3 is 0 Å². The van der Waals surface area contributed by atoms with Crippen LogP contribution in [0.2, 0.25) is 5.15 Å². The van der Waals surface area contributed by atoms with E-state index in [9.17, 15) is 13.2 Å². The number of amides is 1. The van der Waals surface area contributed by atoms with E-state index in [1.165, 1.54) is 16.6 Å². The Bertz CT molecular complexity index is 1080. The van der Waals surface area contributed by atoms with Crippen molar-refractivity contribution in [3.05, 3.63) is 53.3 Å². The van der Waals surface area contributed by atoms with Crippen molar-refractivity contribution >= 4 is 27.5 Å². The Hall–Kier alpha value is -2.16. The lowest BCUT2D eigenvalue weighted by atomic mass is 9.95. The van der Waals surface area contributed by atoms with Crippen molar-refractivity contribution in [2.24, 2.45) is 11.8 Å². The minimum absolute atomic E-state index is 0.0138. The molecule has 0 N–H and O–H groups in total. The molecule has 2 heterocycles. The topological polar surface area (TPSA) is 79.8 Å².